The van der Waals surface area contributed by atoms with Crippen LogP contribution in [0.1, 0.15) is 5.56 Å². The van der Waals surface area contributed by atoms with Crippen LogP contribution >= 0.6 is 0 Å². The number of carbonyl (C=O) groups excluding carboxylic acids is 2. The molecule has 1 unspecified atom stereocenters. The maximum Gasteiger partial charge on any atom is 1.00 e. The summed E-state index contributed by atoms with van der Waals surface area (Å²) < 4.78 is 62.9. The maximum absolute atomic E-state index is 12.9. The summed E-state index contributed by atoms with van der Waals surface area (Å²) in [6.07, 6.45) is 0. The van der Waals surface area contributed by atoms with Gasteiger partial charge in [-0.2, -0.15) is 20.3 Å². The molecule has 0 saturated heterocycles. The Hall–Kier alpha value is -2.95. The normalized spacial score (nSPS) is 16.0. The molecule has 2 aromatic rings. The molecule has 0 radical (unpaired) electrons. The molecule has 2 amide bonds. The van der Waals surface area contributed by atoms with Crippen molar-refractivity contribution in [2.45, 2.75) is 22.8 Å². The van der Waals surface area contributed by atoms with Crippen molar-refractivity contribution in [3.63, 3.8) is 0 Å². The Bertz CT molecular complexity index is 1500. The van der Waals surface area contributed by atoms with Gasteiger partial charge in [-0.15, -0.1) is 0 Å². The Morgan fingerprint density at radius 3 is 2.33 bits per heavy atom. The molecular weight excluding hydrogens is 525 g/mol. The zero-order valence-corrected chi connectivity index (χ0v) is 22.9. The summed E-state index contributed by atoms with van der Waals surface area (Å²) in [5, 5.41) is 13.3. The van der Waals surface area contributed by atoms with Gasteiger partial charge >= 0.3 is 29.6 Å². The molecule has 3 rings (SSSR count). The number of sulfone groups is 1. The number of aryl methyl sites for hydroxylation is 1. The Morgan fingerprint density at radius 2 is 1.83 bits per heavy atom. The minimum Gasteiger partial charge on any atom is -0.744 e. The number of carbonyl (C=O) groups is 2. The first-order valence-electron chi connectivity index (χ1n) is 9.55. The fourth-order valence-corrected chi connectivity index (χ4v) is 4.51. The third kappa shape index (κ3) is 5.88. The standard InChI is InChI=1S/C20H19N5O8S2.Na/c1-4-34(28,29)16-10-15(33-3)14(9-11(16)2)22-23-18-17(19(21)26)24-25(20(18)27)12-5-7-13(8-6-12)35(30,31)32;/h4-10,18H,1H2,2-3H3,(H2,21,26)(H,30,31,32);/q;+1/p-1. The largest absolute Gasteiger partial charge is 1.00 e. The first-order valence-corrected chi connectivity index (χ1v) is 12.5. The molecule has 2 N–H and O–H groups in total. The second kappa shape index (κ2) is 11.0. The molecule has 1 aliphatic heterocycles. The predicted molar refractivity (Wildman–Crippen MR) is 122 cm³/mol. The summed E-state index contributed by atoms with van der Waals surface area (Å²) in [7, 11) is -7.21. The molecule has 2 aromatic carbocycles. The Balaban J connectivity index is 0.00000456. The van der Waals surface area contributed by atoms with Gasteiger partial charge in [0.25, 0.3) is 11.8 Å². The number of methoxy groups -OCH3 is 1. The van der Waals surface area contributed by atoms with Gasteiger partial charge in [0.05, 0.1) is 22.6 Å². The van der Waals surface area contributed by atoms with Crippen molar-refractivity contribution in [2.24, 2.45) is 21.1 Å². The minimum absolute atomic E-state index is 0. The van der Waals surface area contributed by atoms with E-state index in [1.54, 1.807) is 0 Å². The van der Waals surface area contributed by atoms with Crippen LogP contribution in [-0.2, 0) is 29.5 Å². The number of anilines is 1. The summed E-state index contributed by atoms with van der Waals surface area (Å²) in [6.45, 7) is 4.80. The smallest absolute Gasteiger partial charge is 0.744 e. The van der Waals surface area contributed by atoms with Crippen molar-refractivity contribution >= 4 is 48.9 Å². The average Bonchev–Trinajstić information content (AvgIpc) is 3.13. The van der Waals surface area contributed by atoms with Crippen LogP contribution in [0.15, 0.2) is 73.5 Å². The number of amides is 2. The second-order valence-corrected chi connectivity index (χ2v) is 10.3. The van der Waals surface area contributed by atoms with E-state index < -0.39 is 48.4 Å². The van der Waals surface area contributed by atoms with E-state index in [-0.39, 0.29) is 51.6 Å². The van der Waals surface area contributed by atoms with Crippen molar-refractivity contribution in [1.29, 1.82) is 0 Å². The van der Waals surface area contributed by atoms with Crippen LogP contribution in [0.4, 0.5) is 11.4 Å². The van der Waals surface area contributed by atoms with Crippen LogP contribution in [0.2, 0.25) is 0 Å². The molecule has 0 bridgehead atoms. The van der Waals surface area contributed by atoms with Crippen molar-refractivity contribution in [2.75, 3.05) is 12.1 Å². The van der Waals surface area contributed by atoms with Crippen molar-refractivity contribution in [1.82, 2.24) is 0 Å². The van der Waals surface area contributed by atoms with Crippen LogP contribution in [0, 0.1) is 6.92 Å². The molecule has 16 heteroatoms. The van der Waals surface area contributed by atoms with Gasteiger partial charge in [-0.05, 0) is 42.8 Å². The molecule has 0 aromatic heterocycles. The van der Waals surface area contributed by atoms with Crippen LogP contribution < -0.4 is 45.0 Å². The third-order valence-corrected chi connectivity index (χ3v) is 7.16. The van der Waals surface area contributed by atoms with Crippen LogP contribution in [-0.4, -0.2) is 52.1 Å². The summed E-state index contributed by atoms with van der Waals surface area (Å²) in [4.78, 5) is 24.2. The van der Waals surface area contributed by atoms with E-state index in [0.29, 0.717) is 5.56 Å². The van der Waals surface area contributed by atoms with Gasteiger partial charge in [-0.25, -0.2) is 16.8 Å². The van der Waals surface area contributed by atoms with Crippen LogP contribution in [0.5, 0.6) is 5.75 Å². The van der Waals surface area contributed by atoms with Gasteiger partial charge in [0, 0.05) is 11.5 Å². The minimum atomic E-state index is -4.71. The maximum atomic E-state index is 12.9. The number of azo groups is 1. The Kier molecular flexibility index (Phi) is 8.93. The molecule has 0 fully saturated rings. The topological polar surface area (TPSA) is 201 Å². The summed E-state index contributed by atoms with van der Waals surface area (Å²) in [6, 6.07) is 5.29. The van der Waals surface area contributed by atoms with Gasteiger partial charge in [-0.1, -0.05) is 6.58 Å². The quantitative estimate of drug-likeness (QED) is 0.227. The van der Waals surface area contributed by atoms with Gasteiger partial charge in [0.15, 0.2) is 15.5 Å². The number of nitrogens with zero attached hydrogens (tertiary/aromatic N) is 4. The van der Waals surface area contributed by atoms with E-state index in [2.05, 4.69) is 21.9 Å². The van der Waals surface area contributed by atoms with E-state index in [0.717, 1.165) is 34.7 Å². The molecule has 1 atom stereocenters. The first-order chi connectivity index (χ1) is 16.3. The molecule has 184 valence electrons. The van der Waals surface area contributed by atoms with Gasteiger partial charge < -0.3 is 15.0 Å². The van der Waals surface area contributed by atoms with Crippen molar-refractivity contribution < 1.29 is 65.3 Å². The van der Waals surface area contributed by atoms with E-state index >= 15 is 0 Å². The molecule has 36 heavy (non-hydrogen) atoms. The van der Waals surface area contributed by atoms with Gasteiger partial charge in [0.1, 0.15) is 21.6 Å². The third-order valence-electron chi connectivity index (χ3n) is 4.82. The Morgan fingerprint density at radius 1 is 1.22 bits per heavy atom. The molecular formula is C20H18N5NaO8S2. The second-order valence-electron chi connectivity index (χ2n) is 7.07. The molecule has 0 saturated carbocycles. The fourth-order valence-electron chi connectivity index (χ4n) is 3.08. The number of hydrazone groups is 1. The van der Waals surface area contributed by atoms with E-state index in [4.69, 9.17) is 10.5 Å². The number of nitrogens with two attached hydrogens (primary N) is 1. The first kappa shape index (κ1) is 29.3. The van der Waals surface area contributed by atoms with E-state index in [1.165, 1.54) is 26.2 Å². The molecule has 13 nitrogen and oxygen atoms in total. The summed E-state index contributed by atoms with van der Waals surface area (Å²) in [5.74, 6) is -1.87. The Labute approximate surface area is 228 Å². The zero-order chi connectivity index (χ0) is 26.1. The van der Waals surface area contributed by atoms with Crippen molar-refractivity contribution in [3.05, 3.63) is 53.9 Å². The average molecular weight is 544 g/mol. The van der Waals surface area contributed by atoms with E-state index in [1.807, 2.05) is 0 Å². The molecule has 1 heterocycles. The number of hydrogen-bond acceptors (Lipinski definition) is 11. The summed E-state index contributed by atoms with van der Waals surface area (Å²) in [5.41, 5.74) is 5.30. The van der Waals surface area contributed by atoms with Crippen LogP contribution in [0.3, 0.4) is 0 Å². The SMILES string of the molecule is C=CS(=O)(=O)c1cc(OC)c(N=NC2C(=O)N(c3ccc(S(=O)(=O)[O-])cc3)N=C2C(N)=O)cc1C.[Na+]. The number of benzene rings is 2. The molecule has 1 aliphatic rings. The summed E-state index contributed by atoms with van der Waals surface area (Å²) >= 11 is 0. The fraction of sp³-hybridized carbons (Fsp3) is 0.150. The van der Waals surface area contributed by atoms with Gasteiger partial charge in [-0.3, -0.25) is 9.59 Å². The molecule has 0 aliphatic carbocycles. The number of primary amides is 1. The van der Waals surface area contributed by atoms with Crippen LogP contribution in [0.25, 0.3) is 0 Å². The predicted octanol–water partition coefficient (Wildman–Crippen LogP) is -1.83. The van der Waals surface area contributed by atoms with E-state index in [9.17, 15) is 31.0 Å². The monoisotopic (exact) mass is 543 g/mol. The molecule has 0 spiro atoms. The number of hydrogen-bond donors (Lipinski definition) is 1. The zero-order valence-electron chi connectivity index (χ0n) is 19.3. The number of ether oxygens (including phenoxy) is 1. The number of rotatable bonds is 8. The van der Waals surface area contributed by atoms with Gasteiger partial charge in [0.2, 0.25) is 6.04 Å². The van der Waals surface area contributed by atoms with Crippen molar-refractivity contribution in [3.8, 4) is 5.75 Å².